The van der Waals surface area contributed by atoms with E-state index in [1.165, 1.54) is 11.0 Å². The second kappa shape index (κ2) is 4.27. The van der Waals surface area contributed by atoms with Gasteiger partial charge in [-0.2, -0.15) is 0 Å². The first-order valence-corrected chi connectivity index (χ1v) is 5.94. The monoisotopic (exact) mass is 274 g/mol. The number of amides is 1. The molecule has 0 fully saturated rings. The van der Waals surface area contributed by atoms with Crippen molar-refractivity contribution < 1.29 is 9.53 Å². The van der Waals surface area contributed by atoms with E-state index < -0.39 is 6.10 Å². The summed E-state index contributed by atoms with van der Waals surface area (Å²) in [5.74, 6) is 0.244. The Morgan fingerprint density at radius 3 is 2.76 bits per heavy atom. The van der Waals surface area contributed by atoms with Gasteiger partial charge >= 0.3 is 0 Å². The van der Waals surface area contributed by atoms with E-state index in [0.717, 1.165) is 0 Å². The lowest BCUT2D eigenvalue weighted by molar-refractivity contribution is -0.126. The van der Waals surface area contributed by atoms with Crippen LogP contribution in [0.1, 0.15) is 13.3 Å². The van der Waals surface area contributed by atoms with Crippen LogP contribution in [-0.4, -0.2) is 19.1 Å². The van der Waals surface area contributed by atoms with Crippen molar-refractivity contribution in [2.24, 2.45) is 0 Å². The molecule has 2 N–H and O–H groups in total. The van der Waals surface area contributed by atoms with Gasteiger partial charge < -0.3 is 15.4 Å². The van der Waals surface area contributed by atoms with E-state index >= 15 is 0 Å². The van der Waals surface area contributed by atoms with Gasteiger partial charge in [-0.3, -0.25) is 4.79 Å². The fourth-order valence-electron chi connectivity index (χ4n) is 1.81. The number of halogens is 2. The molecule has 0 saturated carbocycles. The number of likely N-dealkylation sites (N-methyl/N-ethyl adjacent to an activating group) is 1. The standard InChI is InChI=1S/C11H12Cl2N2O2/c1-3-7-11(16)15(2)9-5(12)4-6(14)8(13)10(9)17-7/h4,7H,3,14H2,1-2H3. The molecule has 6 heteroatoms. The lowest BCUT2D eigenvalue weighted by atomic mass is 10.1. The summed E-state index contributed by atoms with van der Waals surface area (Å²) in [7, 11) is 1.64. The van der Waals surface area contributed by atoms with Crippen LogP contribution in [0.5, 0.6) is 5.75 Å². The van der Waals surface area contributed by atoms with E-state index in [1.807, 2.05) is 6.92 Å². The van der Waals surface area contributed by atoms with Crippen molar-refractivity contribution in [3.05, 3.63) is 16.1 Å². The summed E-state index contributed by atoms with van der Waals surface area (Å²) in [4.78, 5) is 13.4. The van der Waals surface area contributed by atoms with Gasteiger partial charge in [-0.25, -0.2) is 0 Å². The summed E-state index contributed by atoms with van der Waals surface area (Å²) < 4.78 is 5.57. The minimum absolute atomic E-state index is 0.136. The van der Waals surface area contributed by atoms with Crippen molar-refractivity contribution in [2.45, 2.75) is 19.4 Å². The summed E-state index contributed by atoms with van der Waals surface area (Å²) in [6, 6.07) is 1.52. The highest BCUT2D eigenvalue weighted by Crippen LogP contribution is 2.47. The van der Waals surface area contributed by atoms with Crippen LogP contribution in [0, 0.1) is 0 Å². The van der Waals surface area contributed by atoms with Gasteiger partial charge in [0.15, 0.2) is 11.9 Å². The number of hydrogen-bond donors (Lipinski definition) is 1. The summed E-state index contributed by atoms with van der Waals surface area (Å²) in [6.45, 7) is 1.86. The maximum atomic E-state index is 11.9. The van der Waals surface area contributed by atoms with Gasteiger partial charge in [0.1, 0.15) is 10.7 Å². The fraction of sp³-hybridized carbons (Fsp3) is 0.364. The van der Waals surface area contributed by atoms with E-state index in [0.29, 0.717) is 33.6 Å². The Bertz CT molecular complexity index is 491. The lowest BCUT2D eigenvalue weighted by Gasteiger charge is -2.33. The van der Waals surface area contributed by atoms with Crippen LogP contribution in [0.2, 0.25) is 10.0 Å². The highest BCUT2D eigenvalue weighted by Gasteiger charge is 2.34. The third kappa shape index (κ3) is 1.81. The smallest absolute Gasteiger partial charge is 0.267 e. The number of fused-ring (bicyclic) bond motifs is 1. The first-order valence-electron chi connectivity index (χ1n) is 5.19. The molecular formula is C11H12Cl2N2O2. The van der Waals surface area contributed by atoms with Gasteiger partial charge in [0.05, 0.1) is 10.7 Å². The van der Waals surface area contributed by atoms with E-state index in [-0.39, 0.29) is 5.91 Å². The Hall–Kier alpha value is -1.13. The molecule has 1 heterocycles. The number of carbonyl (C=O) groups excluding carboxylic acids is 1. The number of anilines is 2. The molecule has 4 nitrogen and oxygen atoms in total. The molecule has 1 aromatic rings. The van der Waals surface area contributed by atoms with E-state index in [9.17, 15) is 4.79 Å². The number of nitrogens with zero attached hydrogens (tertiary/aromatic N) is 1. The molecule has 92 valence electrons. The Kier molecular flexibility index (Phi) is 3.10. The predicted octanol–water partition coefficient (Wildman–Crippen LogP) is 2.71. The molecule has 1 amide bonds. The number of ether oxygens (including phenoxy) is 1. The highest BCUT2D eigenvalue weighted by molar-refractivity contribution is 6.39. The molecule has 0 bridgehead atoms. The van der Waals surface area contributed by atoms with Crippen LogP contribution in [0.4, 0.5) is 11.4 Å². The number of carbonyl (C=O) groups is 1. The zero-order valence-electron chi connectivity index (χ0n) is 9.46. The van der Waals surface area contributed by atoms with Gasteiger partial charge in [-0.1, -0.05) is 30.1 Å². The molecule has 1 aliphatic heterocycles. The Morgan fingerprint density at radius 1 is 1.53 bits per heavy atom. The summed E-state index contributed by atoms with van der Waals surface area (Å²) in [6.07, 6.45) is 0.0219. The molecule has 0 saturated heterocycles. The topological polar surface area (TPSA) is 55.6 Å². The number of benzene rings is 1. The minimum atomic E-state index is -0.539. The van der Waals surface area contributed by atoms with Crippen molar-refractivity contribution in [3.63, 3.8) is 0 Å². The molecule has 1 aliphatic rings. The van der Waals surface area contributed by atoms with Crippen molar-refractivity contribution in [3.8, 4) is 5.75 Å². The molecule has 0 aliphatic carbocycles. The molecule has 0 aromatic heterocycles. The zero-order valence-corrected chi connectivity index (χ0v) is 11.0. The Morgan fingerprint density at radius 2 is 2.18 bits per heavy atom. The molecule has 1 aromatic carbocycles. The van der Waals surface area contributed by atoms with E-state index in [2.05, 4.69) is 0 Å². The van der Waals surface area contributed by atoms with Crippen LogP contribution in [0.3, 0.4) is 0 Å². The van der Waals surface area contributed by atoms with Crippen LogP contribution < -0.4 is 15.4 Å². The maximum absolute atomic E-state index is 11.9. The van der Waals surface area contributed by atoms with Crippen LogP contribution >= 0.6 is 23.2 Å². The van der Waals surface area contributed by atoms with Crippen molar-refractivity contribution >= 4 is 40.5 Å². The van der Waals surface area contributed by atoms with Crippen LogP contribution in [-0.2, 0) is 4.79 Å². The average molecular weight is 275 g/mol. The third-order valence-corrected chi connectivity index (χ3v) is 3.43. The molecule has 1 unspecified atom stereocenters. The number of hydrogen-bond acceptors (Lipinski definition) is 3. The van der Waals surface area contributed by atoms with Crippen LogP contribution in [0.15, 0.2) is 6.07 Å². The summed E-state index contributed by atoms with van der Waals surface area (Å²) in [5.41, 5.74) is 6.53. The number of rotatable bonds is 1. The molecule has 1 atom stereocenters. The van der Waals surface area contributed by atoms with Crippen molar-refractivity contribution in [2.75, 3.05) is 17.7 Å². The largest absolute Gasteiger partial charge is 0.477 e. The maximum Gasteiger partial charge on any atom is 0.267 e. The highest BCUT2D eigenvalue weighted by atomic mass is 35.5. The molecule has 17 heavy (non-hydrogen) atoms. The average Bonchev–Trinajstić information content (AvgIpc) is 2.29. The molecule has 0 radical (unpaired) electrons. The molecule has 2 rings (SSSR count). The van der Waals surface area contributed by atoms with Gasteiger partial charge in [-0.15, -0.1) is 0 Å². The van der Waals surface area contributed by atoms with Crippen molar-refractivity contribution in [1.82, 2.24) is 0 Å². The Balaban J connectivity index is 2.64. The van der Waals surface area contributed by atoms with Gasteiger partial charge in [-0.05, 0) is 12.5 Å². The van der Waals surface area contributed by atoms with E-state index in [4.69, 9.17) is 33.7 Å². The second-order valence-electron chi connectivity index (χ2n) is 3.85. The number of nitrogen functional groups attached to an aromatic ring is 1. The SMILES string of the molecule is CCC1Oc2c(Cl)c(N)cc(Cl)c2N(C)C1=O. The molecule has 0 spiro atoms. The fourth-order valence-corrected chi connectivity index (χ4v) is 2.33. The first-order chi connectivity index (χ1) is 7.97. The minimum Gasteiger partial charge on any atom is -0.477 e. The third-order valence-electron chi connectivity index (χ3n) is 2.75. The molecular weight excluding hydrogens is 263 g/mol. The van der Waals surface area contributed by atoms with Gasteiger partial charge in [0, 0.05) is 7.05 Å². The lowest BCUT2D eigenvalue weighted by Crippen LogP contribution is -2.43. The predicted molar refractivity (Wildman–Crippen MR) is 69.0 cm³/mol. The normalized spacial score (nSPS) is 18.9. The summed E-state index contributed by atoms with van der Waals surface area (Å²) >= 11 is 12.1. The number of nitrogens with two attached hydrogens (primary N) is 1. The van der Waals surface area contributed by atoms with Crippen molar-refractivity contribution in [1.29, 1.82) is 0 Å². The van der Waals surface area contributed by atoms with Gasteiger partial charge in [0.25, 0.3) is 5.91 Å². The van der Waals surface area contributed by atoms with Gasteiger partial charge in [0.2, 0.25) is 0 Å². The Labute approximate surface area is 109 Å². The van der Waals surface area contributed by atoms with Crippen LogP contribution in [0.25, 0.3) is 0 Å². The quantitative estimate of drug-likeness (QED) is 0.802. The first kappa shape index (κ1) is 12.3. The zero-order chi connectivity index (χ0) is 12.7. The summed E-state index contributed by atoms with van der Waals surface area (Å²) in [5, 5.41) is 0.648. The second-order valence-corrected chi connectivity index (χ2v) is 4.64. The van der Waals surface area contributed by atoms with E-state index in [1.54, 1.807) is 7.05 Å².